The number of nitrogens with zero attached hydrogens (tertiary/aromatic N) is 2. The highest BCUT2D eigenvalue weighted by atomic mass is 32.2. The lowest BCUT2D eigenvalue weighted by Gasteiger charge is -2.33. The smallest absolute Gasteiger partial charge is 0.335 e. The normalized spacial score (nSPS) is 16.9. The number of rotatable bonds is 12. The van der Waals surface area contributed by atoms with Gasteiger partial charge in [0.05, 0.1) is 6.61 Å². The van der Waals surface area contributed by atoms with E-state index in [-0.39, 0.29) is 0 Å². The van der Waals surface area contributed by atoms with Gasteiger partial charge in [-0.15, -0.1) is 0 Å². The van der Waals surface area contributed by atoms with Crippen molar-refractivity contribution in [2.45, 2.75) is 107 Å². The summed E-state index contributed by atoms with van der Waals surface area (Å²) in [5.74, 6) is -0.456. The van der Waals surface area contributed by atoms with Crippen LogP contribution in [0.1, 0.15) is 101 Å². The van der Waals surface area contributed by atoms with Crippen LogP contribution in [-0.4, -0.2) is 65.2 Å². The van der Waals surface area contributed by atoms with Gasteiger partial charge in [-0.25, -0.2) is 9.10 Å². The lowest BCUT2D eigenvalue weighted by Crippen LogP contribution is -2.43. The van der Waals surface area contributed by atoms with Crippen LogP contribution in [0.2, 0.25) is 0 Å². The van der Waals surface area contributed by atoms with Gasteiger partial charge in [0.1, 0.15) is 0 Å². The summed E-state index contributed by atoms with van der Waals surface area (Å²) in [6.45, 7) is 25.5. The molecular formula is C32H60N2O3S. The number of piperazine rings is 1. The molecule has 0 spiro atoms. The first-order valence-corrected chi connectivity index (χ1v) is 15.5. The fourth-order valence-electron chi connectivity index (χ4n) is 2.75. The summed E-state index contributed by atoms with van der Waals surface area (Å²) in [6.07, 6.45) is 19.5. The van der Waals surface area contributed by atoms with Gasteiger partial charge in [-0.3, -0.25) is 4.90 Å². The molecule has 5 nitrogen and oxygen atoms in total. The van der Waals surface area contributed by atoms with Crippen LogP contribution in [0.25, 0.3) is 0 Å². The number of hydrogen-bond acceptors (Lipinski definition) is 5. The molecule has 2 rings (SSSR count). The number of allylic oxidation sites excluding steroid dienone is 6. The number of carbonyl (C=O) groups is 1. The van der Waals surface area contributed by atoms with E-state index in [4.69, 9.17) is 9.84 Å². The second kappa shape index (κ2) is 24.7. The van der Waals surface area contributed by atoms with Crippen molar-refractivity contribution in [1.82, 2.24) is 9.21 Å². The monoisotopic (exact) mass is 552 g/mol. The van der Waals surface area contributed by atoms with E-state index >= 15 is 0 Å². The number of carboxylic acid groups (broad SMARTS) is 1. The van der Waals surface area contributed by atoms with Crippen molar-refractivity contribution in [1.29, 1.82) is 0 Å². The third kappa shape index (κ3) is 23.8. The van der Waals surface area contributed by atoms with Crippen molar-refractivity contribution in [3.63, 3.8) is 0 Å². The van der Waals surface area contributed by atoms with Crippen LogP contribution in [0.4, 0.5) is 0 Å². The first-order valence-electron chi connectivity index (χ1n) is 14.7. The molecular weight excluding hydrogens is 492 g/mol. The van der Waals surface area contributed by atoms with E-state index < -0.39 is 11.6 Å². The van der Waals surface area contributed by atoms with E-state index in [1.165, 1.54) is 36.2 Å². The quantitative estimate of drug-likeness (QED) is 0.148. The van der Waals surface area contributed by atoms with E-state index in [9.17, 15) is 4.79 Å². The van der Waals surface area contributed by atoms with E-state index in [1.807, 2.05) is 31.9 Å². The fourth-order valence-corrected chi connectivity index (χ4v) is 3.93. The Morgan fingerprint density at radius 1 is 1.03 bits per heavy atom. The maximum atomic E-state index is 11.1. The average molecular weight is 553 g/mol. The molecule has 0 aromatic heterocycles. The SMILES string of the molecule is C/C=C(C)/C=C/CN1CCN(S/C(=C/C(C)C)CC=CCOC(C)(C)C(=O)O)CC1.C1CC1.CC.CCC. The summed E-state index contributed by atoms with van der Waals surface area (Å²) in [6, 6.07) is 0. The second-order valence-corrected chi connectivity index (χ2v) is 11.4. The molecule has 0 aromatic rings. The summed E-state index contributed by atoms with van der Waals surface area (Å²) in [7, 11) is 0. The van der Waals surface area contributed by atoms with Crippen LogP contribution < -0.4 is 0 Å². The Morgan fingerprint density at radius 2 is 1.58 bits per heavy atom. The summed E-state index contributed by atoms with van der Waals surface area (Å²) in [5, 5.41) is 9.09. The summed E-state index contributed by atoms with van der Waals surface area (Å²) < 4.78 is 7.88. The molecule has 222 valence electrons. The molecule has 6 heteroatoms. The van der Waals surface area contributed by atoms with Crippen LogP contribution in [0.3, 0.4) is 0 Å². The van der Waals surface area contributed by atoms with Crippen LogP contribution in [0, 0.1) is 5.92 Å². The van der Waals surface area contributed by atoms with Gasteiger partial charge >= 0.3 is 5.97 Å². The maximum Gasteiger partial charge on any atom is 0.335 e. The lowest BCUT2D eigenvalue weighted by atomic mass is 10.1. The predicted molar refractivity (Wildman–Crippen MR) is 170 cm³/mol. The molecule has 0 aromatic carbocycles. The highest BCUT2D eigenvalue weighted by Gasteiger charge is 2.27. The van der Waals surface area contributed by atoms with Crippen molar-refractivity contribution in [2.24, 2.45) is 5.92 Å². The molecule has 0 atom stereocenters. The highest BCUT2D eigenvalue weighted by molar-refractivity contribution is 8.00. The van der Waals surface area contributed by atoms with Gasteiger partial charge in [-0.05, 0) is 52.0 Å². The Labute approximate surface area is 240 Å². The molecule has 1 aliphatic heterocycles. The van der Waals surface area contributed by atoms with Gasteiger partial charge in [0.25, 0.3) is 0 Å². The number of carboxylic acids is 1. The molecule has 38 heavy (non-hydrogen) atoms. The van der Waals surface area contributed by atoms with Gasteiger partial charge < -0.3 is 9.84 Å². The molecule has 0 amide bonds. The number of ether oxygens (including phenoxy) is 1. The Morgan fingerprint density at radius 3 is 2.03 bits per heavy atom. The Kier molecular flexibility index (Phi) is 25.2. The van der Waals surface area contributed by atoms with E-state index in [1.54, 1.807) is 13.8 Å². The third-order valence-electron chi connectivity index (χ3n) is 5.19. The van der Waals surface area contributed by atoms with Gasteiger partial charge in [-0.2, -0.15) is 0 Å². The van der Waals surface area contributed by atoms with Crippen molar-refractivity contribution in [3.05, 3.63) is 46.9 Å². The Balaban J connectivity index is 0. The molecule has 1 saturated carbocycles. The Bertz CT molecular complexity index is 699. The zero-order valence-electron chi connectivity index (χ0n) is 26.4. The van der Waals surface area contributed by atoms with E-state index in [0.717, 1.165) is 39.1 Å². The number of aliphatic carboxylic acids is 1. The summed E-state index contributed by atoms with van der Waals surface area (Å²) in [4.78, 5) is 14.9. The van der Waals surface area contributed by atoms with Crippen LogP contribution in [-0.2, 0) is 9.53 Å². The third-order valence-corrected chi connectivity index (χ3v) is 6.35. The minimum absolute atomic E-state index is 0.303. The van der Waals surface area contributed by atoms with Gasteiger partial charge in [0, 0.05) is 37.6 Å². The standard InChI is InChI=1S/C24H40N2O3S.C3H6.C3H8.C2H6/c1-7-21(4)11-10-13-25-14-16-26(17-15-25)30-22(19-20(2)3)12-8-9-18-29-24(5,6)23(27)28;1-2-3-1;1-3-2;1-2/h7-11,19-20H,12-18H2,1-6H3,(H,27,28);1-3H2;3H2,1-2H3;1-2H3/b9-8?,11-10+,21-7+,22-19+;;;. The summed E-state index contributed by atoms with van der Waals surface area (Å²) in [5.41, 5.74) is 0.147. The second-order valence-electron chi connectivity index (χ2n) is 10.2. The molecule has 0 radical (unpaired) electrons. The van der Waals surface area contributed by atoms with Gasteiger partial charge in [-0.1, -0.05) is 109 Å². The Hall–Kier alpha value is -1.34. The largest absolute Gasteiger partial charge is 0.479 e. The average Bonchev–Trinajstić information content (AvgIpc) is 3.76. The number of hydrogen-bond donors (Lipinski definition) is 1. The minimum Gasteiger partial charge on any atom is -0.479 e. The van der Waals surface area contributed by atoms with E-state index in [2.05, 4.69) is 81.1 Å². The predicted octanol–water partition coefficient (Wildman–Crippen LogP) is 8.75. The van der Waals surface area contributed by atoms with Crippen molar-refractivity contribution in [3.8, 4) is 0 Å². The fraction of sp³-hybridized carbons (Fsp3) is 0.719. The molecule has 1 aliphatic carbocycles. The molecule has 2 fully saturated rings. The summed E-state index contributed by atoms with van der Waals surface area (Å²) >= 11 is 1.85. The van der Waals surface area contributed by atoms with Gasteiger partial charge in [0.2, 0.25) is 0 Å². The molecule has 1 N–H and O–H groups in total. The van der Waals surface area contributed by atoms with Crippen LogP contribution in [0.5, 0.6) is 0 Å². The van der Waals surface area contributed by atoms with Crippen LogP contribution >= 0.6 is 11.9 Å². The van der Waals surface area contributed by atoms with Crippen molar-refractivity contribution in [2.75, 3.05) is 39.3 Å². The highest BCUT2D eigenvalue weighted by Crippen LogP contribution is 2.27. The minimum atomic E-state index is -1.16. The van der Waals surface area contributed by atoms with Crippen molar-refractivity contribution >= 4 is 17.9 Å². The molecule has 2 aliphatic rings. The zero-order chi connectivity index (χ0) is 29.4. The van der Waals surface area contributed by atoms with Crippen molar-refractivity contribution < 1.29 is 14.6 Å². The van der Waals surface area contributed by atoms with Gasteiger partial charge in [0.15, 0.2) is 5.60 Å². The lowest BCUT2D eigenvalue weighted by molar-refractivity contribution is -0.159. The first kappa shape index (κ1) is 38.8. The molecule has 0 bridgehead atoms. The zero-order valence-corrected chi connectivity index (χ0v) is 27.2. The first-order chi connectivity index (χ1) is 18.0. The molecule has 1 heterocycles. The van der Waals surface area contributed by atoms with Crippen LogP contribution in [0.15, 0.2) is 46.9 Å². The van der Waals surface area contributed by atoms with E-state index in [0.29, 0.717) is 12.5 Å². The molecule has 0 unspecified atom stereocenters. The topological polar surface area (TPSA) is 53.0 Å². The maximum absolute atomic E-state index is 11.1. The molecule has 1 saturated heterocycles.